The summed E-state index contributed by atoms with van der Waals surface area (Å²) in [6.07, 6.45) is 1.37. The van der Waals surface area contributed by atoms with Crippen LogP contribution >= 0.6 is 0 Å². The molecule has 10 heteroatoms. The standard InChI is InChI=1S/C16H12O8.C2H7N.Ca.2H/c17-12(18)9-3-1-2-8(4-9)10-5-11(13(19)20)7-16(6-10,14(21)22)15(23)24;1-3-2;;;/h1-6H,7H2,(H,17,18)(H,19,20)(H,21,22)(H,23,24);3H,1-2H3;;;. The molecule has 0 amide bonds. The van der Waals surface area contributed by atoms with Crippen molar-refractivity contribution in [2.24, 2.45) is 5.41 Å². The first kappa shape index (κ1) is 25.8. The molecule has 0 unspecified atom stereocenters. The Morgan fingerprint density at radius 1 is 0.964 bits per heavy atom. The maximum atomic E-state index is 11.5. The maximum absolute atomic E-state index is 11.5. The minimum atomic E-state index is -2.43. The first-order valence-electron chi connectivity index (χ1n) is 7.64. The summed E-state index contributed by atoms with van der Waals surface area (Å²) in [5, 5.41) is 39.6. The molecule has 0 spiro atoms. The van der Waals surface area contributed by atoms with Crippen LogP contribution in [-0.2, 0) is 14.4 Å². The van der Waals surface area contributed by atoms with Gasteiger partial charge < -0.3 is 25.7 Å². The number of allylic oxidation sites excluding steroid dienone is 2. The Hall–Kier alpha value is -2.20. The average molecular weight is 419 g/mol. The third-order valence-corrected chi connectivity index (χ3v) is 3.68. The first-order valence-corrected chi connectivity index (χ1v) is 7.64. The van der Waals surface area contributed by atoms with E-state index in [4.69, 9.17) is 10.2 Å². The second-order valence-corrected chi connectivity index (χ2v) is 5.72. The molecule has 1 aliphatic carbocycles. The van der Waals surface area contributed by atoms with Gasteiger partial charge >= 0.3 is 61.6 Å². The van der Waals surface area contributed by atoms with Crippen LogP contribution in [0.3, 0.4) is 0 Å². The Balaban J connectivity index is 0.00000171. The van der Waals surface area contributed by atoms with Crippen molar-refractivity contribution in [3.63, 3.8) is 0 Å². The third kappa shape index (κ3) is 5.90. The van der Waals surface area contributed by atoms with Crippen molar-refractivity contribution < 1.29 is 39.6 Å². The van der Waals surface area contributed by atoms with Crippen LogP contribution in [0, 0.1) is 5.41 Å². The van der Waals surface area contributed by atoms with Gasteiger partial charge in [-0.05, 0) is 49.5 Å². The van der Waals surface area contributed by atoms with Crippen LogP contribution in [0.4, 0.5) is 0 Å². The molecule has 0 saturated heterocycles. The van der Waals surface area contributed by atoms with Gasteiger partial charge in [0.1, 0.15) is 0 Å². The van der Waals surface area contributed by atoms with Gasteiger partial charge in [-0.3, -0.25) is 9.59 Å². The predicted octanol–water partition coefficient (Wildman–Crippen LogP) is 0.258. The van der Waals surface area contributed by atoms with Gasteiger partial charge in [0.15, 0.2) is 5.41 Å². The van der Waals surface area contributed by atoms with E-state index in [-0.39, 0.29) is 54.4 Å². The SMILES string of the molecule is CNC.O=C(O)C1=CC(c2cccc(C(=O)O)c2)=CC(C(=O)O)(C(=O)O)C1.[CaH2]. The summed E-state index contributed by atoms with van der Waals surface area (Å²) in [6, 6.07) is 5.35. The molecule has 0 aromatic heterocycles. The normalized spacial score (nSPS) is 14.2. The van der Waals surface area contributed by atoms with Crippen molar-refractivity contribution in [2.45, 2.75) is 6.42 Å². The number of carbonyl (C=O) groups is 4. The van der Waals surface area contributed by atoms with E-state index >= 15 is 0 Å². The Kier molecular flexibility index (Phi) is 10.1. The van der Waals surface area contributed by atoms with Crippen molar-refractivity contribution in [3.05, 3.63) is 53.1 Å². The van der Waals surface area contributed by atoms with E-state index in [0.29, 0.717) is 0 Å². The number of aromatic carboxylic acids is 1. The van der Waals surface area contributed by atoms with Crippen LogP contribution in [0.5, 0.6) is 0 Å². The molecule has 0 saturated carbocycles. The molecule has 9 nitrogen and oxygen atoms in total. The van der Waals surface area contributed by atoms with E-state index in [0.717, 1.165) is 12.2 Å². The molecule has 148 valence electrons. The third-order valence-electron chi connectivity index (χ3n) is 3.68. The van der Waals surface area contributed by atoms with Gasteiger partial charge in [0.05, 0.1) is 5.56 Å². The molecule has 0 fully saturated rings. The zero-order chi connectivity index (χ0) is 20.8. The molecular formula is C18H21CaNO8. The van der Waals surface area contributed by atoms with E-state index in [1.54, 1.807) is 0 Å². The topological polar surface area (TPSA) is 161 Å². The monoisotopic (exact) mass is 419 g/mol. The summed E-state index contributed by atoms with van der Waals surface area (Å²) in [7, 11) is 3.75. The van der Waals surface area contributed by atoms with Crippen LogP contribution in [0.1, 0.15) is 22.3 Å². The summed E-state index contributed by atoms with van der Waals surface area (Å²) in [5.74, 6) is -6.07. The molecule has 0 bridgehead atoms. The fourth-order valence-corrected chi connectivity index (χ4v) is 2.40. The first-order chi connectivity index (χ1) is 12.6. The van der Waals surface area contributed by atoms with E-state index in [1.807, 2.05) is 14.1 Å². The van der Waals surface area contributed by atoms with Gasteiger partial charge in [-0.15, -0.1) is 0 Å². The summed E-state index contributed by atoms with van der Waals surface area (Å²) in [5.41, 5.74) is -2.69. The molecule has 28 heavy (non-hydrogen) atoms. The predicted molar refractivity (Wildman–Crippen MR) is 103 cm³/mol. The molecule has 1 aromatic rings. The Labute approximate surface area is 190 Å². The molecule has 0 radical (unpaired) electrons. The van der Waals surface area contributed by atoms with Gasteiger partial charge in [0.25, 0.3) is 0 Å². The van der Waals surface area contributed by atoms with Gasteiger partial charge in [0, 0.05) is 12.0 Å². The zero-order valence-electron chi connectivity index (χ0n) is 14.6. The minimum absolute atomic E-state index is 0. The summed E-state index contributed by atoms with van der Waals surface area (Å²) in [6.45, 7) is 0. The van der Waals surface area contributed by atoms with Crippen molar-refractivity contribution in [3.8, 4) is 0 Å². The second-order valence-electron chi connectivity index (χ2n) is 5.72. The number of nitrogens with one attached hydrogen (secondary N) is 1. The van der Waals surface area contributed by atoms with E-state index in [1.165, 1.54) is 24.3 Å². The molecule has 0 heterocycles. The average Bonchev–Trinajstić information content (AvgIpc) is 2.61. The number of benzene rings is 1. The van der Waals surface area contributed by atoms with Gasteiger partial charge in [-0.1, -0.05) is 12.1 Å². The number of aliphatic carboxylic acids is 3. The second kappa shape index (κ2) is 11.0. The van der Waals surface area contributed by atoms with Crippen molar-refractivity contribution in [1.29, 1.82) is 0 Å². The molecule has 2 rings (SSSR count). The van der Waals surface area contributed by atoms with Crippen LogP contribution in [0.25, 0.3) is 5.57 Å². The summed E-state index contributed by atoms with van der Waals surface area (Å²) in [4.78, 5) is 45.3. The van der Waals surface area contributed by atoms with E-state index < -0.39 is 41.3 Å². The van der Waals surface area contributed by atoms with Crippen LogP contribution in [-0.4, -0.2) is 96.1 Å². The van der Waals surface area contributed by atoms with Crippen LogP contribution < -0.4 is 5.32 Å². The van der Waals surface area contributed by atoms with Gasteiger partial charge in [0.2, 0.25) is 0 Å². The molecule has 0 atom stereocenters. The number of hydrogen-bond donors (Lipinski definition) is 5. The Morgan fingerprint density at radius 3 is 1.93 bits per heavy atom. The van der Waals surface area contributed by atoms with Crippen LogP contribution in [0.2, 0.25) is 0 Å². The Morgan fingerprint density at radius 2 is 1.50 bits per heavy atom. The summed E-state index contributed by atoms with van der Waals surface area (Å²) < 4.78 is 0. The van der Waals surface area contributed by atoms with Gasteiger partial charge in [-0.2, -0.15) is 0 Å². The van der Waals surface area contributed by atoms with Crippen molar-refractivity contribution >= 4 is 67.2 Å². The zero-order valence-corrected chi connectivity index (χ0v) is 14.6. The number of rotatable bonds is 5. The summed E-state index contributed by atoms with van der Waals surface area (Å²) >= 11 is 0. The van der Waals surface area contributed by atoms with E-state index in [9.17, 15) is 29.4 Å². The van der Waals surface area contributed by atoms with Crippen LogP contribution in [0.15, 0.2) is 42.0 Å². The molecule has 0 aliphatic heterocycles. The molecule has 1 aromatic carbocycles. The van der Waals surface area contributed by atoms with Crippen molar-refractivity contribution in [2.75, 3.05) is 14.1 Å². The van der Waals surface area contributed by atoms with E-state index in [2.05, 4.69) is 5.32 Å². The molecule has 5 N–H and O–H groups in total. The number of carboxylic acids is 4. The Bertz CT molecular complexity index is 830. The molecular weight excluding hydrogens is 398 g/mol. The number of carboxylic acid groups (broad SMARTS) is 4. The van der Waals surface area contributed by atoms with Crippen molar-refractivity contribution in [1.82, 2.24) is 5.32 Å². The quantitative estimate of drug-likeness (QED) is 0.333. The number of hydrogen-bond acceptors (Lipinski definition) is 5. The van der Waals surface area contributed by atoms with Gasteiger partial charge in [-0.25, -0.2) is 9.59 Å². The molecule has 1 aliphatic rings. The fraction of sp³-hybridized carbons (Fsp3) is 0.222. The fourth-order valence-electron chi connectivity index (χ4n) is 2.40.